The Hall–Kier alpha value is -2.76. The molecule has 3 heterocycles. The lowest BCUT2D eigenvalue weighted by Crippen LogP contribution is -2.07. The van der Waals surface area contributed by atoms with Crippen LogP contribution in [0.25, 0.3) is 22.2 Å². The first-order valence-corrected chi connectivity index (χ1v) is 7.36. The van der Waals surface area contributed by atoms with Gasteiger partial charge < -0.3 is 9.88 Å². The Kier molecular flexibility index (Phi) is 3.82. The second-order valence-corrected chi connectivity index (χ2v) is 5.64. The molecule has 0 unspecified atom stereocenters. The Balaban J connectivity index is 2.19. The van der Waals surface area contributed by atoms with E-state index in [1.54, 1.807) is 12.3 Å². The van der Waals surface area contributed by atoms with E-state index in [9.17, 15) is 9.18 Å². The van der Waals surface area contributed by atoms with Gasteiger partial charge in [0.15, 0.2) is 0 Å². The first-order chi connectivity index (χ1) is 11.0. The number of carbonyl (C=O) groups excluding carboxylic acids is 1. The second kappa shape index (κ2) is 5.79. The molecule has 5 nitrogen and oxygen atoms in total. The minimum atomic E-state index is -0.441. The zero-order valence-electron chi connectivity index (χ0n) is 13.2. The number of nitrogens with zero attached hydrogens (tertiary/aromatic N) is 3. The molecule has 0 aromatic carbocycles. The second-order valence-electron chi connectivity index (χ2n) is 5.64. The lowest BCUT2D eigenvalue weighted by atomic mass is 10.0. The van der Waals surface area contributed by atoms with Gasteiger partial charge in [-0.05, 0) is 37.6 Å². The number of hydrogen-bond donors (Lipinski definition) is 1. The molecule has 0 aliphatic carbocycles. The van der Waals surface area contributed by atoms with Gasteiger partial charge >= 0.3 is 0 Å². The number of nitrogens with one attached hydrogen (secondary N) is 1. The Labute approximate surface area is 133 Å². The quantitative estimate of drug-likeness (QED) is 0.800. The van der Waals surface area contributed by atoms with Gasteiger partial charge in [-0.1, -0.05) is 0 Å². The van der Waals surface area contributed by atoms with E-state index in [1.165, 1.54) is 13.0 Å². The van der Waals surface area contributed by atoms with Crippen LogP contribution in [0.5, 0.6) is 0 Å². The summed E-state index contributed by atoms with van der Waals surface area (Å²) in [6, 6.07) is 5.49. The molecular formula is C17H17FN4O. The molecule has 1 N–H and O–H groups in total. The molecule has 1 amide bonds. The van der Waals surface area contributed by atoms with E-state index in [0.717, 1.165) is 22.8 Å². The molecule has 0 aliphatic rings. The third-order valence-corrected chi connectivity index (χ3v) is 3.62. The molecule has 3 rings (SSSR count). The number of amides is 1. The van der Waals surface area contributed by atoms with Gasteiger partial charge in [-0.2, -0.15) is 0 Å². The Morgan fingerprint density at radius 3 is 2.74 bits per heavy atom. The van der Waals surface area contributed by atoms with Crippen LogP contribution in [0, 0.1) is 5.82 Å². The molecule has 0 atom stereocenters. The maximum Gasteiger partial charge on any atom is 0.222 e. The number of rotatable bonds is 3. The van der Waals surface area contributed by atoms with Crippen molar-refractivity contribution >= 4 is 22.8 Å². The average molecular weight is 312 g/mol. The molecule has 0 radical (unpaired) electrons. The monoisotopic (exact) mass is 312 g/mol. The minimum absolute atomic E-state index is 0.249. The van der Waals surface area contributed by atoms with Crippen LogP contribution in [0.2, 0.25) is 0 Å². The van der Waals surface area contributed by atoms with E-state index in [4.69, 9.17) is 0 Å². The molecule has 0 aliphatic heterocycles. The van der Waals surface area contributed by atoms with Crippen LogP contribution in [-0.4, -0.2) is 20.4 Å². The standard InChI is InChI=1S/C17H17FN4O/c1-10(2)22-7-5-13-12(4-6-19-17(13)22)14-8-16(21-11(3)23)20-9-15(14)18/h4-10H,1-3H3,(H,20,21,23). The first-order valence-electron chi connectivity index (χ1n) is 7.36. The molecule has 118 valence electrons. The van der Waals surface area contributed by atoms with Gasteiger partial charge in [-0.15, -0.1) is 0 Å². The Morgan fingerprint density at radius 1 is 1.26 bits per heavy atom. The highest BCUT2D eigenvalue weighted by Crippen LogP contribution is 2.32. The summed E-state index contributed by atoms with van der Waals surface area (Å²) in [4.78, 5) is 19.5. The highest BCUT2D eigenvalue weighted by Gasteiger charge is 2.14. The van der Waals surface area contributed by atoms with Crippen LogP contribution in [0.3, 0.4) is 0 Å². The fourth-order valence-electron chi connectivity index (χ4n) is 2.60. The largest absolute Gasteiger partial charge is 0.330 e. The van der Waals surface area contributed by atoms with Gasteiger partial charge in [0.25, 0.3) is 0 Å². The van der Waals surface area contributed by atoms with E-state index in [0.29, 0.717) is 11.4 Å². The van der Waals surface area contributed by atoms with Crippen molar-refractivity contribution < 1.29 is 9.18 Å². The number of hydrogen-bond acceptors (Lipinski definition) is 3. The van der Waals surface area contributed by atoms with Crippen molar-refractivity contribution in [1.29, 1.82) is 0 Å². The molecule has 0 fully saturated rings. The predicted octanol–water partition coefficient (Wildman–Crippen LogP) is 3.78. The molecule has 0 spiro atoms. The van der Waals surface area contributed by atoms with Gasteiger partial charge in [0.2, 0.25) is 5.91 Å². The zero-order valence-corrected chi connectivity index (χ0v) is 13.2. The van der Waals surface area contributed by atoms with E-state index < -0.39 is 5.82 Å². The molecule has 3 aromatic rings. The molecule has 3 aromatic heterocycles. The third kappa shape index (κ3) is 2.79. The lowest BCUT2D eigenvalue weighted by molar-refractivity contribution is -0.114. The SMILES string of the molecule is CC(=O)Nc1cc(-c2ccnc3c2ccn3C(C)C)c(F)cn1. The van der Waals surface area contributed by atoms with Crippen molar-refractivity contribution in [2.45, 2.75) is 26.8 Å². The smallest absolute Gasteiger partial charge is 0.222 e. The van der Waals surface area contributed by atoms with Crippen molar-refractivity contribution in [1.82, 2.24) is 14.5 Å². The highest BCUT2D eigenvalue weighted by atomic mass is 19.1. The summed E-state index contributed by atoms with van der Waals surface area (Å²) < 4.78 is 16.3. The fourth-order valence-corrected chi connectivity index (χ4v) is 2.60. The predicted molar refractivity (Wildman–Crippen MR) is 87.6 cm³/mol. The summed E-state index contributed by atoms with van der Waals surface area (Å²) >= 11 is 0. The van der Waals surface area contributed by atoms with Crippen LogP contribution in [0.15, 0.2) is 36.8 Å². The summed E-state index contributed by atoms with van der Waals surface area (Å²) in [6.07, 6.45) is 4.72. The van der Waals surface area contributed by atoms with Crippen LogP contribution < -0.4 is 5.32 Å². The van der Waals surface area contributed by atoms with Gasteiger partial charge in [0.05, 0.1) is 6.20 Å². The van der Waals surface area contributed by atoms with Crippen molar-refractivity contribution in [3.8, 4) is 11.1 Å². The number of aromatic nitrogens is 3. The normalized spacial score (nSPS) is 11.2. The lowest BCUT2D eigenvalue weighted by Gasteiger charge is -2.10. The number of anilines is 1. The maximum atomic E-state index is 14.3. The number of fused-ring (bicyclic) bond motifs is 1. The van der Waals surface area contributed by atoms with Crippen molar-refractivity contribution in [2.75, 3.05) is 5.32 Å². The Bertz CT molecular complexity index is 885. The van der Waals surface area contributed by atoms with Crippen LogP contribution in [-0.2, 0) is 4.79 Å². The summed E-state index contributed by atoms with van der Waals surface area (Å²) in [5.74, 6) is -0.369. The van der Waals surface area contributed by atoms with Crippen molar-refractivity contribution in [2.24, 2.45) is 0 Å². The minimum Gasteiger partial charge on any atom is -0.330 e. The van der Waals surface area contributed by atoms with E-state index in [-0.39, 0.29) is 11.9 Å². The topological polar surface area (TPSA) is 59.8 Å². The van der Waals surface area contributed by atoms with Crippen molar-refractivity contribution in [3.63, 3.8) is 0 Å². The van der Waals surface area contributed by atoms with Gasteiger partial charge in [-0.3, -0.25) is 4.79 Å². The maximum absolute atomic E-state index is 14.3. The number of carbonyl (C=O) groups is 1. The van der Waals surface area contributed by atoms with Gasteiger partial charge in [0.1, 0.15) is 17.3 Å². The summed E-state index contributed by atoms with van der Waals surface area (Å²) in [5, 5.41) is 3.44. The highest BCUT2D eigenvalue weighted by molar-refractivity contribution is 5.95. The van der Waals surface area contributed by atoms with E-state index in [1.807, 2.05) is 16.8 Å². The third-order valence-electron chi connectivity index (χ3n) is 3.62. The summed E-state index contributed by atoms with van der Waals surface area (Å²) in [7, 11) is 0. The molecule has 0 bridgehead atoms. The summed E-state index contributed by atoms with van der Waals surface area (Å²) in [5.41, 5.74) is 1.91. The zero-order chi connectivity index (χ0) is 16.6. The Morgan fingerprint density at radius 2 is 2.04 bits per heavy atom. The van der Waals surface area contributed by atoms with Gasteiger partial charge in [0, 0.05) is 36.3 Å². The van der Waals surface area contributed by atoms with Gasteiger partial charge in [-0.25, -0.2) is 14.4 Å². The van der Waals surface area contributed by atoms with Crippen LogP contribution in [0.4, 0.5) is 10.2 Å². The van der Waals surface area contributed by atoms with Crippen LogP contribution >= 0.6 is 0 Å². The average Bonchev–Trinajstić information content (AvgIpc) is 2.93. The van der Waals surface area contributed by atoms with Crippen LogP contribution in [0.1, 0.15) is 26.8 Å². The van der Waals surface area contributed by atoms with E-state index in [2.05, 4.69) is 29.1 Å². The summed E-state index contributed by atoms with van der Waals surface area (Å²) in [6.45, 7) is 5.52. The molecule has 6 heteroatoms. The molecule has 0 saturated carbocycles. The molecule has 23 heavy (non-hydrogen) atoms. The number of halogens is 1. The molecular weight excluding hydrogens is 295 g/mol. The van der Waals surface area contributed by atoms with Crippen molar-refractivity contribution in [3.05, 3.63) is 42.6 Å². The fraction of sp³-hybridized carbons (Fsp3) is 0.235. The van der Waals surface area contributed by atoms with E-state index >= 15 is 0 Å². The number of pyridine rings is 2. The first kappa shape index (κ1) is 15.1. The molecule has 0 saturated heterocycles.